The number of anilines is 1. The quantitative estimate of drug-likeness (QED) is 0.622. The highest BCUT2D eigenvalue weighted by Gasteiger charge is 2.12. The summed E-state index contributed by atoms with van der Waals surface area (Å²) >= 11 is 3.40. The number of nitrogens with one attached hydrogen (secondary N) is 1. The molecule has 5 nitrogen and oxygen atoms in total. The summed E-state index contributed by atoms with van der Waals surface area (Å²) in [6.45, 7) is 0. The van der Waals surface area contributed by atoms with Gasteiger partial charge in [0.25, 0.3) is 0 Å². The van der Waals surface area contributed by atoms with Gasteiger partial charge in [-0.3, -0.25) is 0 Å². The lowest BCUT2D eigenvalue weighted by Gasteiger charge is -2.10. The molecule has 0 amide bonds. The Balaban J connectivity index is 2.20. The molecule has 0 fully saturated rings. The molecule has 0 radical (unpaired) electrons. The summed E-state index contributed by atoms with van der Waals surface area (Å²) in [6, 6.07) is 15.4. The summed E-state index contributed by atoms with van der Waals surface area (Å²) in [7, 11) is 2.48. The number of rotatable bonds is 5. The van der Waals surface area contributed by atoms with E-state index in [2.05, 4.69) is 30.7 Å². The van der Waals surface area contributed by atoms with Crippen molar-refractivity contribution in [1.29, 1.82) is 0 Å². The number of ether oxygens (including phenoxy) is 2. The van der Waals surface area contributed by atoms with E-state index in [0.717, 1.165) is 21.7 Å². The van der Waals surface area contributed by atoms with Crippen molar-refractivity contribution in [3.05, 3.63) is 64.8 Å². The van der Waals surface area contributed by atoms with Crippen LogP contribution < -0.4 is 5.32 Å². The number of hydrogen-bond acceptors (Lipinski definition) is 5. The van der Waals surface area contributed by atoms with E-state index < -0.39 is 11.9 Å². The molecule has 24 heavy (non-hydrogen) atoms. The third-order valence-corrected chi connectivity index (χ3v) is 3.74. The van der Waals surface area contributed by atoms with Gasteiger partial charge in [-0.05, 0) is 35.4 Å². The highest BCUT2D eigenvalue weighted by molar-refractivity contribution is 9.10. The molecule has 0 aliphatic rings. The molecular weight excluding hydrogens is 374 g/mol. The van der Waals surface area contributed by atoms with E-state index in [1.807, 2.05) is 48.5 Å². The van der Waals surface area contributed by atoms with Crippen LogP contribution in [0.1, 0.15) is 0 Å². The van der Waals surface area contributed by atoms with Gasteiger partial charge in [-0.15, -0.1) is 0 Å². The van der Waals surface area contributed by atoms with Crippen molar-refractivity contribution in [3.63, 3.8) is 0 Å². The molecule has 0 spiro atoms. The Hall–Kier alpha value is -2.60. The van der Waals surface area contributed by atoms with Crippen LogP contribution in [-0.2, 0) is 19.1 Å². The van der Waals surface area contributed by atoms with Crippen LogP contribution in [0, 0.1) is 0 Å². The Bertz CT molecular complexity index is 752. The van der Waals surface area contributed by atoms with Crippen LogP contribution in [0.3, 0.4) is 0 Å². The lowest BCUT2D eigenvalue weighted by molar-refractivity contribution is -0.138. The monoisotopic (exact) mass is 389 g/mol. The van der Waals surface area contributed by atoms with Crippen molar-refractivity contribution in [3.8, 4) is 11.1 Å². The second-order valence-corrected chi connectivity index (χ2v) is 5.70. The molecule has 0 bridgehead atoms. The van der Waals surface area contributed by atoms with Crippen LogP contribution in [-0.4, -0.2) is 26.2 Å². The van der Waals surface area contributed by atoms with Crippen molar-refractivity contribution in [1.82, 2.24) is 0 Å². The van der Waals surface area contributed by atoms with E-state index in [0.29, 0.717) is 5.69 Å². The number of esters is 2. The lowest BCUT2D eigenvalue weighted by atomic mass is 10.1. The van der Waals surface area contributed by atoms with Crippen LogP contribution >= 0.6 is 15.9 Å². The van der Waals surface area contributed by atoms with Crippen LogP contribution in [0.2, 0.25) is 0 Å². The van der Waals surface area contributed by atoms with Crippen molar-refractivity contribution in [2.24, 2.45) is 0 Å². The maximum Gasteiger partial charge on any atom is 0.354 e. The first-order chi connectivity index (χ1) is 11.5. The Morgan fingerprint density at radius 3 is 1.96 bits per heavy atom. The van der Waals surface area contributed by atoms with E-state index in [1.165, 1.54) is 14.2 Å². The molecule has 0 aromatic heterocycles. The average Bonchev–Trinajstić information content (AvgIpc) is 2.61. The van der Waals surface area contributed by atoms with Gasteiger partial charge in [0, 0.05) is 10.2 Å². The van der Waals surface area contributed by atoms with Crippen LogP contribution in [0.4, 0.5) is 5.69 Å². The minimum atomic E-state index is -0.655. The zero-order valence-corrected chi connectivity index (χ0v) is 14.8. The molecule has 0 heterocycles. The van der Waals surface area contributed by atoms with E-state index in [-0.39, 0.29) is 5.70 Å². The fraction of sp³-hybridized carbons (Fsp3) is 0.111. The van der Waals surface area contributed by atoms with Crippen LogP contribution in [0.15, 0.2) is 64.8 Å². The Morgan fingerprint density at radius 2 is 1.46 bits per heavy atom. The van der Waals surface area contributed by atoms with E-state index in [9.17, 15) is 9.59 Å². The molecule has 6 heteroatoms. The second-order valence-electron chi connectivity index (χ2n) is 4.78. The average molecular weight is 390 g/mol. The molecule has 2 aromatic rings. The summed E-state index contributed by atoms with van der Waals surface area (Å²) in [5.41, 5.74) is 2.75. The maximum atomic E-state index is 11.7. The maximum absolute atomic E-state index is 11.7. The first-order valence-corrected chi connectivity index (χ1v) is 7.84. The van der Waals surface area contributed by atoms with E-state index in [4.69, 9.17) is 0 Å². The van der Waals surface area contributed by atoms with Gasteiger partial charge in [-0.25, -0.2) is 9.59 Å². The van der Waals surface area contributed by atoms with Gasteiger partial charge in [-0.1, -0.05) is 40.2 Å². The number of carbonyl (C=O) groups excluding carboxylic acids is 2. The molecule has 0 atom stereocenters. The molecule has 0 aliphatic heterocycles. The minimum Gasteiger partial charge on any atom is -0.466 e. The van der Waals surface area contributed by atoms with E-state index in [1.54, 1.807) is 0 Å². The summed E-state index contributed by atoms with van der Waals surface area (Å²) < 4.78 is 10.2. The summed E-state index contributed by atoms with van der Waals surface area (Å²) in [5.74, 6) is -1.30. The third-order valence-electron chi connectivity index (χ3n) is 3.21. The predicted molar refractivity (Wildman–Crippen MR) is 95.3 cm³/mol. The molecule has 0 aliphatic carbocycles. The van der Waals surface area contributed by atoms with Gasteiger partial charge in [0.15, 0.2) is 0 Å². The number of hydrogen-bond donors (Lipinski definition) is 1. The fourth-order valence-corrected chi connectivity index (χ4v) is 2.24. The first-order valence-electron chi connectivity index (χ1n) is 7.04. The molecule has 0 saturated heterocycles. The van der Waals surface area contributed by atoms with Gasteiger partial charge >= 0.3 is 11.9 Å². The van der Waals surface area contributed by atoms with Crippen molar-refractivity contribution >= 4 is 33.6 Å². The first kappa shape index (κ1) is 17.7. The van der Waals surface area contributed by atoms with Crippen molar-refractivity contribution in [2.45, 2.75) is 0 Å². The van der Waals surface area contributed by atoms with Gasteiger partial charge in [0.2, 0.25) is 0 Å². The summed E-state index contributed by atoms with van der Waals surface area (Å²) in [5, 5.41) is 2.86. The molecule has 1 N–H and O–H groups in total. The van der Waals surface area contributed by atoms with Crippen LogP contribution in [0.5, 0.6) is 0 Å². The Morgan fingerprint density at radius 1 is 0.917 bits per heavy atom. The number of benzene rings is 2. The minimum absolute atomic E-state index is 0.000687. The number of methoxy groups -OCH3 is 2. The standard InChI is InChI=1S/C18H16BrNO4/c1-23-17(21)11-16(18(22)24-2)20-15-9-5-13(6-10-15)12-3-7-14(19)8-4-12/h3-11,20H,1-2H3/b16-11+. The summed E-state index contributed by atoms with van der Waals surface area (Å²) in [4.78, 5) is 23.1. The number of carbonyl (C=O) groups is 2. The normalized spacial score (nSPS) is 10.9. The predicted octanol–water partition coefficient (Wildman–Crippen LogP) is 3.76. The second kappa shape index (κ2) is 8.31. The topological polar surface area (TPSA) is 64.6 Å². The Labute approximate surface area is 148 Å². The van der Waals surface area contributed by atoms with Gasteiger partial charge in [-0.2, -0.15) is 0 Å². The SMILES string of the molecule is COC(=O)/C=C(/Nc1ccc(-c2ccc(Br)cc2)cc1)C(=O)OC. The van der Waals surface area contributed by atoms with E-state index >= 15 is 0 Å². The molecule has 124 valence electrons. The van der Waals surface area contributed by atoms with Crippen molar-refractivity contribution in [2.75, 3.05) is 19.5 Å². The number of halogens is 1. The molecular formula is C18H16BrNO4. The largest absolute Gasteiger partial charge is 0.466 e. The Kier molecular flexibility index (Phi) is 6.14. The van der Waals surface area contributed by atoms with Gasteiger partial charge < -0.3 is 14.8 Å². The zero-order chi connectivity index (χ0) is 17.5. The molecule has 0 unspecified atom stereocenters. The summed E-state index contributed by atoms with van der Waals surface area (Å²) in [6.07, 6.45) is 1.05. The fourth-order valence-electron chi connectivity index (χ4n) is 1.98. The zero-order valence-electron chi connectivity index (χ0n) is 13.2. The van der Waals surface area contributed by atoms with Crippen molar-refractivity contribution < 1.29 is 19.1 Å². The third kappa shape index (κ3) is 4.70. The molecule has 2 rings (SSSR count). The molecule has 0 saturated carbocycles. The highest BCUT2D eigenvalue weighted by Crippen LogP contribution is 2.23. The van der Waals surface area contributed by atoms with Gasteiger partial charge in [0.05, 0.1) is 20.3 Å². The van der Waals surface area contributed by atoms with Crippen LogP contribution in [0.25, 0.3) is 11.1 Å². The van der Waals surface area contributed by atoms with Gasteiger partial charge in [0.1, 0.15) is 5.70 Å². The molecule has 2 aromatic carbocycles. The lowest BCUT2D eigenvalue weighted by Crippen LogP contribution is -2.15. The highest BCUT2D eigenvalue weighted by atomic mass is 79.9. The smallest absolute Gasteiger partial charge is 0.354 e.